The molecule has 3 rings (SSSR count). The fraction of sp³-hybridized carbons (Fsp3) is 0.806. The molecule has 34 heavy (non-hydrogen) atoms. The first-order chi connectivity index (χ1) is 16.8. The Morgan fingerprint density at radius 3 is 0.971 bits per heavy atom. The Balaban J connectivity index is 2.09. The van der Waals surface area contributed by atoms with Gasteiger partial charge in [0.25, 0.3) is 7.42 Å². The van der Waals surface area contributed by atoms with Crippen molar-refractivity contribution in [2.45, 2.75) is 159 Å². The minimum absolute atomic E-state index is 0.161. The minimum atomic E-state index is -1.63. The van der Waals surface area contributed by atoms with Crippen molar-refractivity contribution in [1.29, 1.82) is 0 Å². The Morgan fingerprint density at radius 2 is 0.676 bits per heavy atom. The standard InChI is InChI=1S/C31H51Cl2Si/c32-34(33)31(28-22-16-10-4-1-5-11-17-23-28,29-24-18-12-6-2-7-13-19-25-29)30-26-20-14-8-3-9-15-21-27-30/h22,24,26H,1-21,23,25,27H2/b28-22+,29-24+,30-26+. The molecule has 0 heterocycles. The lowest BCUT2D eigenvalue weighted by atomic mass is 9.75. The van der Waals surface area contributed by atoms with E-state index in [9.17, 15) is 0 Å². The highest BCUT2D eigenvalue weighted by atomic mass is 35.7. The summed E-state index contributed by atoms with van der Waals surface area (Å²) in [5.41, 5.74) is 4.87. The second-order valence-corrected chi connectivity index (χ2v) is 15.3. The van der Waals surface area contributed by atoms with Gasteiger partial charge in [-0.3, -0.25) is 0 Å². The average molecular weight is 523 g/mol. The molecule has 0 saturated carbocycles. The summed E-state index contributed by atoms with van der Waals surface area (Å²) in [6.45, 7) is 0. The minimum Gasteiger partial charge on any atom is -0.145 e. The molecular formula is C31H51Cl2Si. The lowest BCUT2D eigenvalue weighted by Crippen LogP contribution is -2.32. The highest BCUT2D eigenvalue weighted by molar-refractivity contribution is 7.35. The Bertz CT molecular complexity index is 577. The van der Waals surface area contributed by atoms with Crippen LogP contribution in [0.5, 0.6) is 0 Å². The Kier molecular flexibility index (Phi) is 14.0. The van der Waals surface area contributed by atoms with Gasteiger partial charge in [-0.25, -0.2) is 0 Å². The SMILES string of the molecule is Cl[Si](Cl)C(/C1=C/CCCCCCCC1)(/C1=C/CCCCCCCC1)/C1=C/CCCCCCCC1. The molecule has 0 aromatic heterocycles. The fourth-order valence-corrected chi connectivity index (χ4v) is 10.2. The van der Waals surface area contributed by atoms with E-state index in [4.69, 9.17) is 22.2 Å². The molecule has 0 amide bonds. The van der Waals surface area contributed by atoms with Crippen molar-refractivity contribution in [1.82, 2.24) is 0 Å². The van der Waals surface area contributed by atoms with Crippen LogP contribution in [0.1, 0.15) is 154 Å². The van der Waals surface area contributed by atoms with Crippen LogP contribution in [0.2, 0.25) is 5.04 Å². The first-order valence-electron chi connectivity index (χ1n) is 15.0. The molecular weight excluding hydrogens is 471 g/mol. The van der Waals surface area contributed by atoms with Gasteiger partial charge in [0.1, 0.15) is 0 Å². The van der Waals surface area contributed by atoms with E-state index in [2.05, 4.69) is 18.2 Å². The predicted molar refractivity (Wildman–Crippen MR) is 155 cm³/mol. The Labute approximate surface area is 223 Å². The smallest absolute Gasteiger partial charge is 0.145 e. The molecule has 0 nitrogen and oxygen atoms in total. The van der Waals surface area contributed by atoms with Gasteiger partial charge in [-0.15, -0.1) is 22.2 Å². The molecule has 1 radical (unpaired) electrons. The van der Waals surface area contributed by atoms with E-state index in [1.807, 2.05) is 0 Å². The predicted octanol–water partition coefficient (Wildman–Crippen LogP) is 11.9. The maximum absolute atomic E-state index is 7.35. The summed E-state index contributed by atoms with van der Waals surface area (Å²) < 4.78 is 0. The van der Waals surface area contributed by atoms with Crippen LogP contribution in [-0.4, -0.2) is 7.42 Å². The Morgan fingerprint density at radius 1 is 0.412 bits per heavy atom. The zero-order valence-corrected chi connectivity index (χ0v) is 24.5. The first-order valence-corrected chi connectivity index (χ1v) is 18.6. The van der Waals surface area contributed by atoms with E-state index < -0.39 is 7.42 Å². The molecule has 3 aliphatic rings. The van der Waals surface area contributed by atoms with Gasteiger partial charge in [-0.2, -0.15) is 0 Å². The van der Waals surface area contributed by atoms with Gasteiger partial charge >= 0.3 is 0 Å². The summed E-state index contributed by atoms with van der Waals surface area (Å²) in [6, 6.07) is 0. The van der Waals surface area contributed by atoms with Gasteiger partial charge < -0.3 is 0 Å². The van der Waals surface area contributed by atoms with Crippen molar-refractivity contribution in [2.24, 2.45) is 0 Å². The van der Waals surface area contributed by atoms with Gasteiger partial charge in [-0.1, -0.05) is 112 Å². The summed E-state index contributed by atoms with van der Waals surface area (Å²) >= 11 is 14.7. The van der Waals surface area contributed by atoms with Gasteiger partial charge in [0.05, 0.1) is 5.04 Å². The fourth-order valence-electron chi connectivity index (χ4n) is 6.64. The normalized spacial score (nSPS) is 28.5. The van der Waals surface area contributed by atoms with Crippen LogP contribution in [0, 0.1) is 0 Å². The molecule has 0 N–H and O–H groups in total. The molecule has 0 spiro atoms. The van der Waals surface area contributed by atoms with E-state index in [0.717, 1.165) is 0 Å². The van der Waals surface area contributed by atoms with Crippen molar-refractivity contribution in [3.05, 3.63) is 34.9 Å². The van der Waals surface area contributed by atoms with Gasteiger partial charge in [0.15, 0.2) is 0 Å². The highest BCUT2D eigenvalue weighted by Gasteiger charge is 2.47. The van der Waals surface area contributed by atoms with Crippen LogP contribution in [0.25, 0.3) is 0 Å². The largest absolute Gasteiger partial charge is 0.292 e. The molecule has 0 aromatic rings. The third kappa shape index (κ3) is 8.55. The van der Waals surface area contributed by atoms with Gasteiger partial charge in [0.2, 0.25) is 0 Å². The number of rotatable bonds is 4. The van der Waals surface area contributed by atoms with Crippen molar-refractivity contribution in [3.63, 3.8) is 0 Å². The number of halogens is 2. The van der Waals surface area contributed by atoms with Crippen LogP contribution >= 0.6 is 22.2 Å². The van der Waals surface area contributed by atoms with Crippen LogP contribution in [-0.2, 0) is 0 Å². The van der Waals surface area contributed by atoms with E-state index in [1.54, 1.807) is 16.7 Å². The average Bonchev–Trinajstić information content (AvgIpc) is 2.86. The molecule has 0 aromatic carbocycles. The number of hydrogen-bond donors (Lipinski definition) is 0. The first kappa shape index (κ1) is 28.6. The Hall–Kier alpha value is 0.0169. The molecule has 0 saturated heterocycles. The monoisotopic (exact) mass is 521 g/mol. The second-order valence-electron chi connectivity index (χ2n) is 11.2. The molecule has 0 fully saturated rings. The van der Waals surface area contributed by atoms with Crippen molar-refractivity contribution in [2.75, 3.05) is 0 Å². The summed E-state index contributed by atoms with van der Waals surface area (Å²) in [4.78, 5) is 0. The van der Waals surface area contributed by atoms with Crippen LogP contribution in [0.3, 0.4) is 0 Å². The van der Waals surface area contributed by atoms with Gasteiger partial charge in [0, 0.05) is 0 Å². The lowest BCUT2D eigenvalue weighted by Gasteiger charge is -2.43. The van der Waals surface area contributed by atoms with Crippen molar-refractivity contribution < 1.29 is 0 Å². The quantitative estimate of drug-likeness (QED) is 0.196. The van der Waals surface area contributed by atoms with Crippen LogP contribution < -0.4 is 0 Å². The van der Waals surface area contributed by atoms with E-state index in [1.165, 1.54) is 154 Å². The van der Waals surface area contributed by atoms with Crippen molar-refractivity contribution >= 4 is 29.6 Å². The maximum Gasteiger partial charge on any atom is 0.292 e. The summed E-state index contributed by atoms with van der Waals surface area (Å²) in [5, 5.41) is -0.161. The molecule has 0 atom stereocenters. The zero-order valence-electron chi connectivity index (χ0n) is 22.0. The highest BCUT2D eigenvalue weighted by Crippen LogP contribution is 2.59. The second kappa shape index (κ2) is 16.7. The molecule has 3 aliphatic carbocycles. The topological polar surface area (TPSA) is 0 Å². The number of allylic oxidation sites excluding steroid dienone is 6. The molecule has 0 unspecified atom stereocenters. The summed E-state index contributed by atoms with van der Waals surface area (Å²) in [6.07, 6.45) is 39.6. The third-order valence-electron chi connectivity index (χ3n) is 8.60. The summed E-state index contributed by atoms with van der Waals surface area (Å²) in [5.74, 6) is 0. The molecule has 0 bridgehead atoms. The molecule has 0 aliphatic heterocycles. The van der Waals surface area contributed by atoms with Crippen LogP contribution in [0.4, 0.5) is 0 Å². The van der Waals surface area contributed by atoms with E-state index in [-0.39, 0.29) is 5.04 Å². The van der Waals surface area contributed by atoms with Gasteiger partial charge in [-0.05, 0) is 77.0 Å². The summed E-state index contributed by atoms with van der Waals surface area (Å²) in [7, 11) is -1.63. The molecule has 193 valence electrons. The van der Waals surface area contributed by atoms with Crippen LogP contribution in [0.15, 0.2) is 34.9 Å². The number of hydrogen-bond acceptors (Lipinski definition) is 0. The van der Waals surface area contributed by atoms with E-state index >= 15 is 0 Å². The zero-order chi connectivity index (χ0) is 23.9. The molecule has 3 heteroatoms. The van der Waals surface area contributed by atoms with E-state index in [0.29, 0.717) is 0 Å². The lowest BCUT2D eigenvalue weighted by molar-refractivity contribution is 0.542. The maximum atomic E-state index is 7.35. The third-order valence-corrected chi connectivity index (χ3v) is 11.8. The van der Waals surface area contributed by atoms with Crippen molar-refractivity contribution in [3.8, 4) is 0 Å².